The van der Waals surface area contributed by atoms with Gasteiger partial charge < -0.3 is 10.1 Å². The van der Waals surface area contributed by atoms with Crippen molar-refractivity contribution in [1.29, 1.82) is 0 Å². The van der Waals surface area contributed by atoms with Crippen molar-refractivity contribution in [3.05, 3.63) is 0 Å². The van der Waals surface area contributed by atoms with Gasteiger partial charge in [-0.2, -0.15) is 0 Å². The molecule has 0 aromatic carbocycles. The van der Waals surface area contributed by atoms with Crippen molar-refractivity contribution in [3.63, 3.8) is 0 Å². The number of rotatable bonds is 2. The molecule has 0 radical (unpaired) electrons. The van der Waals surface area contributed by atoms with E-state index in [0.717, 1.165) is 13.0 Å². The van der Waals surface area contributed by atoms with Crippen LogP contribution in [-0.4, -0.2) is 49.7 Å². The number of amides is 1. The Morgan fingerprint density at radius 3 is 2.86 bits per heavy atom. The molecular formula is C10H20N2O2. The number of carbonyl (C=O) groups excluding carboxylic acids is 1. The van der Waals surface area contributed by atoms with Gasteiger partial charge in [0.1, 0.15) is 6.10 Å². The Morgan fingerprint density at radius 2 is 2.29 bits per heavy atom. The molecule has 82 valence electrons. The number of likely N-dealkylation sites (N-methyl/N-ethyl adjacent to an activating group) is 1. The van der Waals surface area contributed by atoms with Crippen LogP contribution in [0.5, 0.6) is 0 Å². The van der Waals surface area contributed by atoms with Crippen LogP contribution in [0, 0.1) is 0 Å². The van der Waals surface area contributed by atoms with Crippen molar-refractivity contribution < 1.29 is 9.53 Å². The third-order valence-corrected chi connectivity index (χ3v) is 2.58. The van der Waals surface area contributed by atoms with E-state index in [-0.39, 0.29) is 12.0 Å². The highest BCUT2D eigenvalue weighted by Gasteiger charge is 2.25. The maximum absolute atomic E-state index is 11.4. The highest BCUT2D eigenvalue weighted by Crippen LogP contribution is 2.09. The average Bonchev–Trinajstić information content (AvgIpc) is 2.41. The summed E-state index contributed by atoms with van der Waals surface area (Å²) in [6.45, 7) is 6.70. The van der Waals surface area contributed by atoms with Gasteiger partial charge in [0.15, 0.2) is 0 Å². The second-order valence-electron chi connectivity index (χ2n) is 3.92. The normalized spacial score (nSPS) is 24.7. The van der Waals surface area contributed by atoms with Crippen molar-refractivity contribution in [2.45, 2.75) is 32.4 Å². The first-order valence-electron chi connectivity index (χ1n) is 5.22. The lowest BCUT2D eigenvalue weighted by atomic mass is 10.2. The predicted octanol–water partition coefficient (Wildman–Crippen LogP) is 0.232. The Morgan fingerprint density at radius 1 is 1.57 bits per heavy atom. The Hall–Kier alpha value is -0.610. The number of nitrogens with zero attached hydrogens (tertiary/aromatic N) is 1. The summed E-state index contributed by atoms with van der Waals surface area (Å²) in [6.07, 6.45) is 0.705. The SMILES string of the molecule is CNC(=O)[C@H]1CN(C(C)C)CCCO1. The summed E-state index contributed by atoms with van der Waals surface area (Å²) in [4.78, 5) is 13.7. The van der Waals surface area contributed by atoms with Crippen molar-refractivity contribution in [1.82, 2.24) is 10.2 Å². The first-order valence-corrected chi connectivity index (χ1v) is 5.22. The van der Waals surface area contributed by atoms with Crippen molar-refractivity contribution >= 4 is 5.91 Å². The molecule has 1 amide bonds. The predicted molar refractivity (Wildman–Crippen MR) is 55.1 cm³/mol. The van der Waals surface area contributed by atoms with Crippen LogP contribution in [0.15, 0.2) is 0 Å². The fourth-order valence-electron chi connectivity index (χ4n) is 1.64. The van der Waals surface area contributed by atoms with Gasteiger partial charge in [0.25, 0.3) is 0 Å². The third-order valence-electron chi connectivity index (χ3n) is 2.58. The Kier molecular flexibility index (Phi) is 4.35. The van der Waals surface area contributed by atoms with E-state index in [1.807, 2.05) is 0 Å². The molecule has 1 fully saturated rings. The van der Waals surface area contributed by atoms with E-state index in [9.17, 15) is 4.79 Å². The van der Waals surface area contributed by atoms with Crippen LogP contribution < -0.4 is 5.32 Å². The lowest BCUT2D eigenvalue weighted by Gasteiger charge is -2.26. The van der Waals surface area contributed by atoms with Gasteiger partial charge >= 0.3 is 0 Å². The number of hydrogen-bond acceptors (Lipinski definition) is 3. The van der Waals surface area contributed by atoms with E-state index in [1.165, 1.54) is 0 Å². The van der Waals surface area contributed by atoms with E-state index >= 15 is 0 Å². The number of hydrogen-bond donors (Lipinski definition) is 1. The zero-order valence-corrected chi connectivity index (χ0v) is 9.25. The molecule has 14 heavy (non-hydrogen) atoms. The number of carbonyl (C=O) groups is 1. The van der Waals surface area contributed by atoms with Gasteiger partial charge in [0.05, 0.1) is 0 Å². The molecule has 1 rings (SSSR count). The topological polar surface area (TPSA) is 41.6 Å². The molecule has 0 aromatic rings. The standard InChI is InChI=1S/C10H20N2O2/c1-8(2)12-5-4-6-14-9(7-12)10(13)11-3/h8-9H,4-7H2,1-3H3,(H,11,13)/t9-/m1/s1. The Bertz CT molecular complexity index is 195. The molecule has 4 heteroatoms. The molecule has 1 aliphatic rings. The maximum Gasteiger partial charge on any atom is 0.250 e. The van der Waals surface area contributed by atoms with Crippen LogP contribution in [0.25, 0.3) is 0 Å². The molecule has 1 atom stereocenters. The summed E-state index contributed by atoms with van der Waals surface area (Å²) < 4.78 is 5.48. The highest BCUT2D eigenvalue weighted by atomic mass is 16.5. The van der Waals surface area contributed by atoms with E-state index < -0.39 is 0 Å². The average molecular weight is 200 g/mol. The van der Waals surface area contributed by atoms with Gasteiger partial charge in [-0.1, -0.05) is 0 Å². The van der Waals surface area contributed by atoms with Gasteiger partial charge in [0, 0.05) is 32.8 Å². The minimum absolute atomic E-state index is 0.0162. The van der Waals surface area contributed by atoms with Crippen molar-refractivity contribution in [2.24, 2.45) is 0 Å². The molecule has 0 saturated carbocycles. The number of nitrogens with one attached hydrogen (secondary N) is 1. The van der Waals surface area contributed by atoms with Crippen LogP contribution in [-0.2, 0) is 9.53 Å². The summed E-state index contributed by atoms with van der Waals surface area (Å²) in [7, 11) is 1.65. The fraction of sp³-hybridized carbons (Fsp3) is 0.900. The van der Waals surface area contributed by atoms with Gasteiger partial charge in [-0.05, 0) is 20.3 Å². The quantitative estimate of drug-likeness (QED) is 0.694. The summed E-state index contributed by atoms with van der Waals surface area (Å²) in [6, 6.07) is 0.476. The van der Waals surface area contributed by atoms with Crippen LogP contribution in [0.4, 0.5) is 0 Å². The maximum atomic E-state index is 11.4. The lowest BCUT2D eigenvalue weighted by Crippen LogP contribution is -2.43. The second kappa shape index (κ2) is 5.32. The van der Waals surface area contributed by atoms with E-state index in [4.69, 9.17) is 4.74 Å². The first kappa shape index (κ1) is 11.5. The summed E-state index contributed by atoms with van der Waals surface area (Å²) in [5, 5.41) is 2.63. The molecular weight excluding hydrogens is 180 g/mol. The molecule has 0 spiro atoms. The highest BCUT2D eigenvalue weighted by molar-refractivity contribution is 5.80. The molecule has 0 unspecified atom stereocenters. The summed E-state index contributed by atoms with van der Waals surface area (Å²) >= 11 is 0. The third kappa shape index (κ3) is 2.96. The molecule has 0 bridgehead atoms. The van der Waals surface area contributed by atoms with Crippen molar-refractivity contribution in [3.8, 4) is 0 Å². The Balaban J connectivity index is 2.55. The van der Waals surface area contributed by atoms with E-state index in [0.29, 0.717) is 19.2 Å². The van der Waals surface area contributed by atoms with Gasteiger partial charge in [-0.15, -0.1) is 0 Å². The zero-order valence-electron chi connectivity index (χ0n) is 9.25. The van der Waals surface area contributed by atoms with Crippen LogP contribution >= 0.6 is 0 Å². The van der Waals surface area contributed by atoms with E-state index in [2.05, 4.69) is 24.1 Å². The van der Waals surface area contributed by atoms with E-state index in [1.54, 1.807) is 7.05 Å². The van der Waals surface area contributed by atoms with Gasteiger partial charge in [-0.3, -0.25) is 9.69 Å². The van der Waals surface area contributed by atoms with Crippen LogP contribution in [0.1, 0.15) is 20.3 Å². The summed E-state index contributed by atoms with van der Waals surface area (Å²) in [5.41, 5.74) is 0. The Labute approximate surface area is 85.6 Å². The monoisotopic (exact) mass is 200 g/mol. The minimum Gasteiger partial charge on any atom is -0.367 e. The smallest absolute Gasteiger partial charge is 0.250 e. The zero-order chi connectivity index (χ0) is 10.6. The van der Waals surface area contributed by atoms with Crippen LogP contribution in [0.2, 0.25) is 0 Å². The molecule has 1 N–H and O–H groups in total. The van der Waals surface area contributed by atoms with Crippen molar-refractivity contribution in [2.75, 3.05) is 26.7 Å². The molecule has 0 aliphatic carbocycles. The largest absolute Gasteiger partial charge is 0.367 e. The summed E-state index contributed by atoms with van der Waals surface area (Å²) in [5.74, 6) is -0.0162. The van der Waals surface area contributed by atoms with Crippen LogP contribution in [0.3, 0.4) is 0 Å². The first-order chi connectivity index (χ1) is 6.65. The number of ether oxygens (including phenoxy) is 1. The molecule has 1 heterocycles. The lowest BCUT2D eigenvalue weighted by molar-refractivity contribution is -0.132. The fourth-order valence-corrected chi connectivity index (χ4v) is 1.64. The minimum atomic E-state index is -0.301. The molecule has 4 nitrogen and oxygen atoms in total. The second-order valence-corrected chi connectivity index (χ2v) is 3.92. The molecule has 1 aliphatic heterocycles. The molecule has 1 saturated heterocycles. The molecule has 0 aromatic heterocycles. The van der Waals surface area contributed by atoms with Gasteiger partial charge in [0.2, 0.25) is 5.91 Å². The van der Waals surface area contributed by atoms with Gasteiger partial charge in [-0.25, -0.2) is 0 Å².